The molecule has 5 aromatic rings. The van der Waals surface area contributed by atoms with E-state index >= 15 is 0 Å². The number of fused-ring (bicyclic) bond motifs is 2. The van der Waals surface area contributed by atoms with E-state index in [1.807, 2.05) is 43.5 Å². The number of imidazole rings is 1. The molecule has 0 saturated heterocycles. The Hall–Kier alpha value is -1.90. The quantitative estimate of drug-likeness (QED) is 0.188. The van der Waals surface area contributed by atoms with Crippen LogP contribution in [0.25, 0.3) is 39.1 Å². The Kier molecular flexibility index (Phi) is 7.30. The van der Waals surface area contributed by atoms with Gasteiger partial charge in [-0.2, -0.15) is 0 Å². The van der Waals surface area contributed by atoms with Crippen molar-refractivity contribution in [3.8, 4) is 22.6 Å². The summed E-state index contributed by atoms with van der Waals surface area (Å²) in [7, 11) is 9.75. The first-order valence-corrected chi connectivity index (χ1v) is 15.6. The maximum atomic E-state index is 6.04. The summed E-state index contributed by atoms with van der Waals surface area (Å²) in [5.41, 5.74) is 6.81. The summed E-state index contributed by atoms with van der Waals surface area (Å²) in [5, 5.41) is 2.43. The molecule has 0 spiro atoms. The number of pyridine rings is 2. The molecule has 0 aliphatic heterocycles. The summed E-state index contributed by atoms with van der Waals surface area (Å²) < 4.78 is 2.12. The molecule has 7 heteroatoms. The predicted octanol–water partition coefficient (Wildman–Crippen LogP) is 7.64. The van der Waals surface area contributed by atoms with Gasteiger partial charge in [0.1, 0.15) is 11.3 Å². The third kappa shape index (κ3) is 4.81. The number of hydrogen-bond donors (Lipinski definition) is 0. The molecule has 0 bridgehead atoms. The standard InChI is InChI=1S/C24H18ClN3.2ClH.Pt/c1-16-5-4-8-21(26-16)23-24(28-12-11-17(15-25)13-22(28)27-23)20-10-9-18-6-2-3-7-19(18)14-20;;;/h2-14H,15H2,1H3;2*1H;/q;;;+2/p-2. The van der Waals surface area contributed by atoms with Crippen molar-refractivity contribution in [2.75, 3.05) is 0 Å². The first-order valence-electron chi connectivity index (χ1n) is 9.47. The average Bonchev–Trinajstić information content (AvgIpc) is 3.18. The summed E-state index contributed by atoms with van der Waals surface area (Å²) in [6, 6.07) is 25.0. The third-order valence-corrected chi connectivity index (χ3v) is 5.31. The molecule has 0 atom stereocenters. The summed E-state index contributed by atoms with van der Waals surface area (Å²) in [4.78, 5) is 9.66. The zero-order valence-electron chi connectivity index (χ0n) is 16.5. The van der Waals surface area contributed by atoms with Gasteiger partial charge >= 0.3 is 35.3 Å². The molecular weight excluding hydrogens is 632 g/mol. The maximum absolute atomic E-state index is 6.04. The van der Waals surface area contributed by atoms with Crippen molar-refractivity contribution in [1.82, 2.24) is 14.4 Å². The summed E-state index contributed by atoms with van der Waals surface area (Å²) in [6.45, 7) is 2.00. The minimum atomic E-state index is -0.472. The van der Waals surface area contributed by atoms with Gasteiger partial charge in [-0.3, -0.25) is 9.38 Å². The van der Waals surface area contributed by atoms with Gasteiger partial charge in [0.15, 0.2) is 0 Å². The normalized spacial score (nSPS) is 11.0. The van der Waals surface area contributed by atoms with Crippen molar-refractivity contribution in [1.29, 1.82) is 0 Å². The van der Waals surface area contributed by atoms with Gasteiger partial charge in [-0.05, 0) is 53.6 Å². The molecule has 0 amide bonds. The minimum absolute atomic E-state index is 0.465. The van der Waals surface area contributed by atoms with Crippen molar-refractivity contribution in [3.05, 3.63) is 90.3 Å². The van der Waals surface area contributed by atoms with Gasteiger partial charge in [-0.15, -0.1) is 11.6 Å². The number of aryl methyl sites for hydroxylation is 1. The fourth-order valence-corrected chi connectivity index (χ4v) is 3.80. The Morgan fingerprint density at radius 3 is 2.39 bits per heavy atom. The van der Waals surface area contributed by atoms with E-state index in [1.165, 1.54) is 10.8 Å². The Morgan fingerprint density at radius 1 is 0.871 bits per heavy atom. The number of hydrogen-bond acceptors (Lipinski definition) is 2. The van der Waals surface area contributed by atoms with Crippen LogP contribution in [-0.2, 0) is 22.4 Å². The second-order valence-corrected chi connectivity index (χ2v) is 10.5. The van der Waals surface area contributed by atoms with Crippen LogP contribution in [0.3, 0.4) is 0 Å². The Labute approximate surface area is 202 Å². The molecule has 0 saturated carbocycles. The fraction of sp³-hybridized carbons (Fsp3) is 0.0833. The van der Waals surface area contributed by atoms with Gasteiger partial charge in [0, 0.05) is 23.3 Å². The Morgan fingerprint density at radius 2 is 1.65 bits per heavy atom. The van der Waals surface area contributed by atoms with Crippen LogP contribution < -0.4 is 0 Å². The zero-order chi connectivity index (χ0) is 21.8. The first kappa shape index (κ1) is 22.3. The van der Waals surface area contributed by atoms with Gasteiger partial charge in [0.25, 0.3) is 0 Å². The summed E-state index contributed by atoms with van der Waals surface area (Å²) in [5.74, 6) is 0.465. The van der Waals surface area contributed by atoms with Crippen molar-refractivity contribution in [3.63, 3.8) is 0 Å². The van der Waals surface area contributed by atoms with Crippen molar-refractivity contribution < 1.29 is 16.5 Å². The van der Waals surface area contributed by atoms with E-state index in [1.54, 1.807) is 0 Å². The van der Waals surface area contributed by atoms with Crippen LogP contribution in [0, 0.1) is 6.92 Å². The molecule has 0 radical (unpaired) electrons. The molecule has 0 unspecified atom stereocenters. The van der Waals surface area contributed by atoms with Crippen LogP contribution in [0.1, 0.15) is 11.3 Å². The van der Waals surface area contributed by atoms with Crippen molar-refractivity contribution in [2.24, 2.45) is 0 Å². The fourth-order valence-electron chi connectivity index (χ4n) is 3.64. The zero-order valence-corrected chi connectivity index (χ0v) is 21.0. The van der Waals surface area contributed by atoms with Gasteiger partial charge in [-0.25, -0.2) is 4.98 Å². The van der Waals surface area contributed by atoms with E-state index in [9.17, 15) is 0 Å². The number of nitrogens with zero attached hydrogens (tertiary/aromatic N) is 3. The number of aromatic nitrogens is 3. The molecule has 3 aromatic heterocycles. The molecule has 5 rings (SSSR count). The third-order valence-electron chi connectivity index (χ3n) is 5.00. The molecule has 160 valence electrons. The van der Waals surface area contributed by atoms with Crippen LogP contribution in [0.2, 0.25) is 0 Å². The SMILES string of the molecule is Cc1cccc(-c2nc3cc(CCl)ccn3c2-c2ccc3ccccc3c2)n1.[Cl][Pt][Cl]. The molecule has 3 heterocycles. The molecule has 0 aliphatic carbocycles. The van der Waals surface area contributed by atoms with Gasteiger partial charge in [-0.1, -0.05) is 42.5 Å². The topological polar surface area (TPSA) is 30.2 Å². The number of rotatable bonds is 3. The summed E-state index contributed by atoms with van der Waals surface area (Å²) in [6.07, 6.45) is 2.05. The monoisotopic (exact) mass is 648 g/mol. The number of benzene rings is 2. The van der Waals surface area contributed by atoms with Gasteiger partial charge < -0.3 is 0 Å². The summed E-state index contributed by atoms with van der Waals surface area (Å²) >= 11 is 5.57. The first-order chi connectivity index (χ1) is 15.1. The molecular formula is C24H18Cl3N3Pt. The number of alkyl halides is 1. The van der Waals surface area contributed by atoms with E-state index in [4.69, 9.17) is 40.4 Å². The van der Waals surface area contributed by atoms with Crippen LogP contribution in [0.4, 0.5) is 0 Å². The van der Waals surface area contributed by atoms with Gasteiger partial charge in [0.2, 0.25) is 0 Å². The van der Waals surface area contributed by atoms with E-state index < -0.39 is 16.5 Å². The van der Waals surface area contributed by atoms with Crippen LogP contribution in [0.15, 0.2) is 79.0 Å². The van der Waals surface area contributed by atoms with Crippen molar-refractivity contribution in [2.45, 2.75) is 12.8 Å². The molecule has 2 aromatic carbocycles. The van der Waals surface area contributed by atoms with Crippen molar-refractivity contribution >= 4 is 46.9 Å². The van der Waals surface area contributed by atoms with E-state index in [-0.39, 0.29) is 0 Å². The van der Waals surface area contributed by atoms with Crippen LogP contribution in [0.5, 0.6) is 0 Å². The predicted molar refractivity (Wildman–Crippen MR) is 127 cm³/mol. The molecule has 31 heavy (non-hydrogen) atoms. The van der Waals surface area contributed by atoms with Gasteiger partial charge in [0.05, 0.1) is 11.4 Å². The molecule has 3 nitrogen and oxygen atoms in total. The molecule has 0 aliphatic rings. The van der Waals surface area contributed by atoms with Crippen LogP contribution in [-0.4, -0.2) is 14.4 Å². The second-order valence-electron chi connectivity index (χ2n) is 6.98. The Balaban J connectivity index is 0.000000730. The second kappa shape index (κ2) is 10.1. The van der Waals surface area contributed by atoms with E-state index in [0.717, 1.165) is 39.5 Å². The van der Waals surface area contributed by atoms with Crippen LogP contribution >= 0.6 is 30.4 Å². The molecule has 0 fully saturated rings. The van der Waals surface area contributed by atoms with E-state index in [0.29, 0.717) is 5.88 Å². The average molecular weight is 650 g/mol. The molecule has 0 N–H and O–H groups in total. The number of halogens is 3. The van der Waals surface area contributed by atoms with E-state index in [2.05, 4.69) is 46.9 Å². The Bertz CT molecular complexity index is 1350.